The third-order valence-corrected chi connectivity index (χ3v) is 3.96. The van der Waals surface area contributed by atoms with E-state index < -0.39 is 0 Å². The predicted molar refractivity (Wildman–Crippen MR) is 88.1 cm³/mol. The number of pyridine rings is 1. The molecule has 2 aromatic carbocycles. The van der Waals surface area contributed by atoms with Gasteiger partial charge in [0, 0.05) is 17.0 Å². The maximum absolute atomic E-state index is 10.0. The van der Waals surface area contributed by atoms with Crippen LogP contribution in [0.2, 0.25) is 0 Å². The number of fused-ring (bicyclic) bond motifs is 2. The van der Waals surface area contributed by atoms with Crippen LogP contribution < -0.4 is 18.9 Å². The van der Waals surface area contributed by atoms with Gasteiger partial charge in [0.15, 0.2) is 23.0 Å². The molecule has 6 nitrogen and oxygen atoms in total. The zero-order valence-corrected chi connectivity index (χ0v) is 13.2. The third kappa shape index (κ3) is 2.23. The van der Waals surface area contributed by atoms with Crippen molar-refractivity contribution in [1.29, 1.82) is 0 Å². The predicted octanol–water partition coefficient (Wildman–Crippen LogP) is 3.35. The van der Waals surface area contributed by atoms with Crippen molar-refractivity contribution < 1.29 is 24.1 Å². The van der Waals surface area contributed by atoms with E-state index in [9.17, 15) is 5.11 Å². The lowest BCUT2D eigenvalue weighted by molar-refractivity contribution is 0.174. The van der Waals surface area contributed by atoms with Crippen molar-refractivity contribution in [1.82, 2.24) is 4.98 Å². The summed E-state index contributed by atoms with van der Waals surface area (Å²) in [5.74, 6) is 2.04. The first kappa shape index (κ1) is 14.4. The summed E-state index contributed by atoms with van der Waals surface area (Å²) in [6, 6.07) is 11.1. The summed E-state index contributed by atoms with van der Waals surface area (Å²) in [5.41, 5.74) is 2.31. The Kier molecular flexibility index (Phi) is 3.30. The number of methoxy groups -OCH3 is 2. The Balaban J connectivity index is 1.86. The Labute approximate surface area is 138 Å². The summed E-state index contributed by atoms with van der Waals surface area (Å²) >= 11 is 0. The Morgan fingerprint density at radius 2 is 1.62 bits per heavy atom. The third-order valence-electron chi connectivity index (χ3n) is 3.96. The maximum atomic E-state index is 10.0. The SMILES string of the molecule is COc1cc(-c2ccc3cc4c(cc3n2)OCO4)cc(OC)c1O. The molecule has 6 heteroatoms. The highest BCUT2D eigenvalue weighted by atomic mass is 16.7. The Morgan fingerprint density at radius 1 is 0.958 bits per heavy atom. The van der Waals surface area contributed by atoms with Gasteiger partial charge in [-0.2, -0.15) is 0 Å². The maximum Gasteiger partial charge on any atom is 0.231 e. The second-order valence-electron chi connectivity index (χ2n) is 5.32. The topological polar surface area (TPSA) is 70.0 Å². The number of benzene rings is 2. The van der Waals surface area contributed by atoms with Crippen molar-refractivity contribution in [3.8, 4) is 40.0 Å². The molecular formula is C18H15NO5. The summed E-state index contributed by atoms with van der Waals surface area (Å²) in [4.78, 5) is 4.68. The normalized spacial score (nSPS) is 12.4. The van der Waals surface area contributed by atoms with Crippen molar-refractivity contribution in [3.05, 3.63) is 36.4 Å². The van der Waals surface area contributed by atoms with Gasteiger partial charge in [-0.05, 0) is 24.3 Å². The molecule has 2 heterocycles. The highest BCUT2D eigenvalue weighted by Crippen LogP contribution is 2.41. The van der Waals surface area contributed by atoms with Crippen LogP contribution in [0, 0.1) is 0 Å². The molecule has 1 aromatic heterocycles. The second kappa shape index (κ2) is 5.49. The molecule has 24 heavy (non-hydrogen) atoms. The zero-order valence-electron chi connectivity index (χ0n) is 13.2. The first-order chi connectivity index (χ1) is 11.7. The summed E-state index contributed by atoms with van der Waals surface area (Å²) in [6.45, 7) is 0.227. The van der Waals surface area contributed by atoms with E-state index in [1.165, 1.54) is 14.2 Å². The molecular weight excluding hydrogens is 310 g/mol. The first-order valence-electron chi connectivity index (χ1n) is 7.35. The number of ether oxygens (including phenoxy) is 4. The van der Waals surface area contributed by atoms with Gasteiger partial charge < -0.3 is 24.1 Å². The molecule has 0 spiro atoms. The van der Waals surface area contributed by atoms with Gasteiger partial charge in [-0.3, -0.25) is 0 Å². The van der Waals surface area contributed by atoms with Crippen molar-refractivity contribution in [2.45, 2.75) is 0 Å². The fourth-order valence-corrected chi connectivity index (χ4v) is 2.72. The lowest BCUT2D eigenvalue weighted by atomic mass is 10.1. The molecule has 0 amide bonds. The molecule has 0 atom stereocenters. The van der Waals surface area contributed by atoms with Crippen molar-refractivity contribution in [3.63, 3.8) is 0 Å². The van der Waals surface area contributed by atoms with Crippen LogP contribution >= 0.6 is 0 Å². The van der Waals surface area contributed by atoms with E-state index in [2.05, 4.69) is 4.98 Å². The van der Waals surface area contributed by atoms with E-state index in [1.807, 2.05) is 24.3 Å². The van der Waals surface area contributed by atoms with Gasteiger partial charge in [0.2, 0.25) is 12.5 Å². The van der Waals surface area contributed by atoms with Gasteiger partial charge in [0.25, 0.3) is 0 Å². The van der Waals surface area contributed by atoms with Gasteiger partial charge >= 0.3 is 0 Å². The van der Waals surface area contributed by atoms with E-state index >= 15 is 0 Å². The molecule has 0 radical (unpaired) electrons. The van der Waals surface area contributed by atoms with Gasteiger partial charge in [0.1, 0.15) is 0 Å². The first-order valence-corrected chi connectivity index (χ1v) is 7.35. The molecule has 1 aliphatic heterocycles. The number of phenols is 1. The number of nitrogens with zero attached hydrogens (tertiary/aromatic N) is 1. The molecule has 0 saturated heterocycles. The van der Waals surface area contributed by atoms with E-state index in [0.29, 0.717) is 17.2 Å². The highest BCUT2D eigenvalue weighted by molar-refractivity contribution is 5.85. The number of aromatic nitrogens is 1. The number of phenolic OH excluding ortho intramolecular Hbond substituents is 1. The van der Waals surface area contributed by atoms with Crippen LogP contribution in [-0.4, -0.2) is 31.1 Å². The molecule has 0 saturated carbocycles. The van der Waals surface area contributed by atoms with E-state index in [4.69, 9.17) is 18.9 Å². The fourth-order valence-electron chi connectivity index (χ4n) is 2.72. The lowest BCUT2D eigenvalue weighted by Crippen LogP contribution is -1.92. The van der Waals surface area contributed by atoms with Crippen LogP contribution in [0.4, 0.5) is 0 Å². The highest BCUT2D eigenvalue weighted by Gasteiger charge is 2.16. The van der Waals surface area contributed by atoms with E-state index in [0.717, 1.165) is 27.9 Å². The molecule has 0 bridgehead atoms. The smallest absolute Gasteiger partial charge is 0.231 e. The van der Waals surface area contributed by atoms with E-state index in [-0.39, 0.29) is 12.5 Å². The van der Waals surface area contributed by atoms with Crippen LogP contribution in [-0.2, 0) is 0 Å². The molecule has 122 valence electrons. The minimum absolute atomic E-state index is 0.0343. The van der Waals surface area contributed by atoms with Crippen molar-refractivity contribution in [2.75, 3.05) is 21.0 Å². The molecule has 3 aromatic rings. The number of rotatable bonds is 3. The van der Waals surface area contributed by atoms with Crippen molar-refractivity contribution >= 4 is 10.9 Å². The second-order valence-corrected chi connectivity index (χ2v) is 5.32. The van der Waals surface area contributed by atoms with Gasteiger partial charge in [-0.1, -0.05) is 6.07 Å². The number of aromatic hydroxyl groups is 1. The summed E-state index contributed by atoms with van der Waals surface area (Å²) in [6.07, 6.45) is 0. The minimum atomic E-state index is -0.0343. The van der Waals surface area contributed by atoms with Gasteiger partial charge in [0.05, 0.1) is 25.4 Å². The molecule has 4 rings (SSSR count). The van der Waals surface area contributed by atoms with Gasteiger partial charge in [-0.25, -0.2) is 4.98 Å². The molecule has 0 unspecified atom stereocenters. The summed E-state index contributed by atoms with van der Waals surface area (Å²) in [5, 5.41) is 11.0. The molecule has 0 aliphatic carbocycles. The molecule has 1 aliphatic rings. The summed E-state index contributed by atoms with van der Waals surface area (Å²) in [7, 11) is 2.99. The largest absolute Gasteiger partial charge is 0.502 e. The number of hydrogen-bond donors (Lipinski definition) is 1. The average molecular weight is 325 g/mol. The standard InChI is InChI=1S/C18H15NO5/c1-21-16-6-11(7-17(22-2)18(16)20)12-4-3-10-5-14-15(24-9-23-14)8-13(10)19-12/h3-8,20H,9H2,1-2H3. The molecule has 1 N–H and O–H groups in total. The summed E-state index contributed by atoms with van der Waals surface area (Å²) < 4.78 is 21.2. The quantitative estimate of drug-likeness (QED) is 0.796. The van der Waals surface area contributed by atoms with Crippen LogP contribution in [0.15, 0.2) is 36.4 Å². The lowest BCUT2D eigenvalue weighted by Gasteiger charge is -2.11. The zero-order chi connectivity index (χ0) is 16.7. The average Bonchev–Trinajstić information content (AvgIpc) is 3.06. The Hall–Kier alpha value is -3.15. The number of hydrogen-bond acceptors (Lipinski definition) is 6. The minimum Gasteiger partial charge on any atom is -0.502 e. The van der Waals surface area contributed by atoms with Crippen LogP contribution in [0.5, 0.6) is 28.7 Å². The van der Waals surface area contributed by atoms with Gasteiger partial charge in [-0.15, -0.1) is 0 Å². The van der Waals surface area contributed by atoms with Crippen LogP contribution in [0.25, 0.3) is 22.2 Å². The van der Waals surface area contributed by atoms with Crippen LogP contribution in [0.1, 0.15) is 0 Å². The Morgan fingerprint density at radius 3 is 2.29 bits per heavy atom. The van der Waals surface area contributed by atoms with Crippen molar-refractivity contribution in [2.24, 2.45) is 0 Å². The molecule has 0 fully saturated rings. The van der Waals surface area contributed by atoms with E-state index in [1.54, 1.807) is 12.1 Å². The Bertz CT molecular complexity index is 913. The van der Waals surface area contributed by atoms with Crippen LogP contribution in [0.3, 0.4) is 0 Å². The fraction of sp³-hybridized carbons (Fsp3) is 0.167. The monoisotopic (exact) mass is 325 g/mol.